The second kappa shape index (κ2) is 2.48. The molecule has 1 fully saturated rings. The number of azide groups is 1. The van der Waals surface area contributed by atoms with Gasteiger partial charge in [0.1, 0.15) is 12.6 Å². The highest BCUT2D eigenvalue weighted by atomic mass is 16.5. The Kier molecular flexibility index (Phi) is 1.67. The zero-order valence-electron chi connectivity index (χ0n) is 4.65. The van der Waals surface area contributed by atoms with Crippen molar-refractivity contribution in [2.75, 3.05) is 13.2 Å². The number of rotatable bonds is 1. The Balaban J connectivity index is 2.59. The van der Waals surface area contributed by atoms with Crippen molar-refractivity contribution in [2.45, 2.75) is 6.04 Å². The topological polar surface area (TPSA) is 75.1 Å². The van der Waals surface area contributed by atoms with Gasteiger partial charge >= 0.3 is 0 Å². The van der Waals surface area contributed by atoms with Crippen molar-refractivity contribution >= 4 is 5.78 Å². The Morgan fingerprint density at radius 2 is 2.67 bits per heavy atom. The van der Waals surface area contributed by atoms with Crippen LogP contribution in [0, 0.1) is 0 Å². The van der Waals surface area contributed by atoms with Crippen LogP contribution < -0.4 is 0 Å². The van der Waals surface area contributed by atoms with Gasteiger partial charge in [0.05, 0.1) is 6.61 Å². The Morgan fingerprint density at radius 3 is 3.11 bits per heavy atom. The smallest absolute Gasteiger partial charge is 0.169 e. The first-order valence-electron chi connectivity index (χ1n) is 2.49. The molecule has 1 atom stereocenters. The monoisotopic (exact) mass is 127 g/mol. The molecular formula is C4H5N3O2. The molecule has 1 aliphatic heterocycles. The lowest BCUT2D eigenvalue weighted by Crippen LogP contribution is -2.13. The van der Waals surface area contributed by atoms with Gasteiger partial charge in [0, 0.05) is 4.91 Å². The van der Waals surface area contributed by atoms with Gasteiger partial charge in [0.15, 0.2) is 5.78 Å². The number of carbonyl (C=O) groups excluding carboxylic acids is 1. The van der Waals surface area contributed by atoms with Crippen LogP contribution in [-0.4, -0.2) is 25.0 Å². The van der Waals surface area contributed by atoms with E-state index in [1.165, 1.54) is 0 Å². The molecule has 48 valence electrons. The van der Waals surface area contributed by atoms with Gasteiger partial charge in [-0.15, -0.1) is 0 Å². The molecule has 1 unspecified atom stereocenters. The van der Waals surface area contributed by atoms with Crippen LogP contribution in [0.25, 0.3) is 10.4 Å². The summed E-state index contributed by atoms with van der Waals surface area (Å²) in [6.07, 6.45) is 0. The summed E-state index contributed by atoms with van der Waals surface area (Å²) in [4.78, 5) is 13.1. The zero-order chi connectivity index (χ0) is 6.69. The summed E-state index contributed by atoms with van der Waals surface area (Å²) in [7, 11) is 0. The van der Waals surface area contributed by atoms with Crippen LogP contribution in [0.15, 0.2) is 5.11 Å². The second-order valence-corrected chi connectivity index (χ2v) is 1.70. The van der Waals surface area contributed by atoms with Crippen molar-refractivity contribution in [2.24, 2.45) is 5.11 Å². The molecule has 9 heavy (non-hydrogen) atoms. The van der Waals surface area contributed by atoms with Gasteiger partial charge in [-0.3, -0.25) is 4.79 Å². The molecule has 1 aliphatic rings. The Hall–Kier alpha value is -1.06. The minimum atomic E-state index is -0.574. The standard InChI is InChI=1S/C4H5N3O2/c5-7-6-3-1-9-2-4(3)8/h3H,1-2H2. The lowest BCUT2D eigenvalue weighted by atomic mass is 10.3. The van der Waals surface area contributed by atoms with E-state index >= 15 is 0 Å². The average Bonchev–Trinajstić information content (AvgIpc) is 2.18. The highest BCUT2D eigenvalue weighted by Gasteiger charge is 2.23. The minimum absolute atomic E-state index is 0.0870. The van der Waals surface area contributed by atoms with Crippen LogP contribution in [0.3, 0.4) is 0 Å². The number of carbonyl (C=O) groups is 1. The van der Waals surface area contributed by atoms with Crippen molar-refractivity contribution in [3.05, 3.63) is 10.4 Å². The van der Waals surface area contributed by atoms with Gasteiger partial charge in [0.2, 0.25) is 0 Å². The first kappa shape index (κ1) is 6.07. The van der Waals surface area contributed by atoms with Crippen LogP contribution in [0.2, 0.25) is 0 Å². The fourth-order valence-corrected chi connectivity index (χ4v) is 0.620. The summed E-state index contributed by atoms with van der Waals surface area (Å²) < 4.78 is 4.71. The molecule has 5 nitrogen and oxygen atoms in total. The van der Waals surface area contributed by atoms with Crippen molar-refractivity contribution in [1.82, 2.24) is 0 Å². The first-order chi connectivity index (χ1) is 4.34. The van der Waals surface area contributed by atoms with Crippen LogP contribution in [-0.2, 0) is 9.53 Å². The number of nitrogens with zero attached hydrogens (tertiary/aromatic N) is 3. The van der Waals surface area contributed by atoms with E-state index in [9.17, 15) is 4.79 Å². The van der Waals surface area contributed by atoms with E-state index in [1.807, 2.05) is 0 Å². The maximum absolute atomic E-state index is 10.6. The van der Waals surface area contributed by atoms with Crippen LogP contribution >= 0.6 is 0 Å². The van der Waals surface area contributed by atoms with Crippen molar-refractivity contribution in [3.8, 4) is 0 Å². The van der Waals surface area contributed by atoms with Gasteiger partial charge < -0.3 is 4.74 Å². The van der Waals surface area contributed by atoms with Crippen molar-refractivity contribution < 1.29 is 9.53 Å². The SMILES string of the molecule is [N-]=[N+]=NC1COCC1=O. The molecule has 1 heterocycles. The van der Waals surface area contributed by atoms with Crippen LogP contribution in [0.4, 0.5) is 0 Å². The van der Waals surface area contributed by atoms with Gasteiger partial charge in [-0.25, -0.2) is 0 Å². The number of hydrogen-bond donors (Lipinski definition) is 0. The van der Waals surface area contributed by atoms with Crippen molar-refractivity contribution in [1.29, 1.82) is 0 Å². The summed E-state index contributed by atoms with van der Waals surface area (Å²) in [6, 6.07) is -0.574. The molecule has 0 aromatic carbocycles. The number of ether oxygens (including phenoxy) is 1. The molecule has 1 rings (SSSR count). The third kappa shape index (κ3) is 1.19. The van der Waals surface area contributed by atoms with E-state index in [4.69, 9.17) is 10.3 Å². The lowest BCUT2D eigenvalue weighted by molar-refractivity contribution is -0.118. The average molecular weight is 127 g/mol. The van der Waals surface area contributed by atoms with Crippen LogP contribution in [0.5, 0.6) is 0 Å². The normalized spacial score (nSPS) is 25.8. The third-order valence-corrected chi connectivity index (χ3v) is 1.08. The molecule has 0 saturated carbocycles. The highest BCUT2D eigenvalue weighted by Crippen LogP contribution is 2.03. The molecule has 1 saturated heterocycles. The number of ketones is 1. The third-order valence-electron chi connectivity index (χ3n) is 1.08. The maximum Gasteiger partial charge on any atom is 0.169 e. The van der Waals surface area contributed by atoms with E-state index in [0.717, 1.165) is 0 Å². The van der Waals surface area contributed by atoms with Crippen molar-refractivity contribution in [3.63, 3.8) is 0 Å². The number of Topliss-reactive ketones (excluding diaryl/α,β-unsaturated/α-hetero) is 1. The van der Waals surface area contributed by atoms with Crippen LogP contribution in [0.1, 0.15) is 0 Å². The first-order valence-corrected chi connectivity index (χ1v) is 2.49. The van der Waals surface area contributed by atoms with E-state index in [2.05, 4.69) is 10.0 Å². The number of hydrogen-bond acceptors (Lipinski definition) is 3. The predicted molar refractivity (Wildman–Crippen MR) is 28.8 cm³/mol. The molecule has 0 bridgehead atoms. The molecular weight excluding hydrogens is 122 g/mol. The predicted octanol–water partition coefficient (Wildman–Crippen LogP) is 0.265. The van der Waals surface area contributed by atoms with E-state index in [-0.39, 0.29) is 19.0 Å². The molecule has 0 N–H and O–H groups in total. The lowest BCUT2D eigenvalue weighted by Gasteiger charge is -1.89. The van der Waals surface area contributed by atoms with Gasteiger partial charge in [-0.05, 0) is 5.53 Å². The molecule has 0 aromatic heterocycles. The summed E-state index contributed by atoms with van der Waals surface area (Å²) in [5, 5.41) is 3.21. The molecule has 0 aromatic rings. The summed E-state index contributed by atoms with van der Waals surface area (Å²) in [6.45, 7) is 0.326. The maximum atomic E-state index is 10.6. The zero-order valence-corrected chi connectivity index (χ0v) is 4.65. The molecule has 0 amide bonds. The van der Waals surface area contributed by atoms with Gasteiger partial charge in [-0.1, -0.05) is 5.11 Å². The van der Waals surface area contributed by atoms with E-state index < -0.39 is 6.04 Å². The Bertz CT molecular complexity index is 173. The van der Waals surface area contributed by atoms with E-state index in [1.54, 1.807) is 0 Å². The quantitative estimate of drug-likeness (QED) is 0.288. The largest absolute Gasteiger partial charge is 0.373 e. The summed E-state index contributed by atoms with van der Waals surface area (Å²) in [5.41, 5.74) is 7.90. The highest BCUT2D eigenvalue weighted by molar-refractivity contribution is 5.86. The Labute approximate surface area is 51.2 Å². The second-order valence-electron chi connectivity index (χ2n) is 1.70. The molecule has 0 aliphatic carbocycles. The van der Waals surface area contributed by atoms with E-state index in [0.29, 0.717) is 0 Å². The molecule has 5 heteroatoms. The summed E-state index contributed by atoms with van der Waals surface area (Å²) >= 11 is 0. The fraction of sp³-hybridized carbons (Fsp3) is 0.750. The molecule has 0 spiro atoms. The molecule has 0 radical (unpaired) electrons. The Morgan fingerprint density at radius 1 is 1.89 bits per heavy atom. The van der Waals surface area contributed by atoms with Gasteiger partial charge in [-0.2, -0.15) is 0 Å². The summed E-state index contributed by atoms with van der Waals surface area (Å²) in [5.74, 6) is -0.132. The van der Waals surface area contributed by atoms with Gasteiger partial charge in [0.25, 0.3) is 0 Å². The minimum Gasteiger partial charge on any atom is -0.373 e. The fourth-order valence-electron chi connectivity index (χ4n) is 0.620.